The average Bonchev–Trinajstić information content (AvgIpc) is 2.80. The van der Waals surface area contributed by atoms with Crippen LogP contribution in [0.3, 0.4) is 0 Å². The third-order valence-corrected chi connectivity index (χ3v) is 6.10. The molecular formula is C24H20FN3O5S. The summed E-state index contributed by atoms with van der Waals surface area (Å²) in [5.41, 5.74) is 1.09. The van der Waals surface area contributed by atoms with E-state index in [1.807, 2.05) is 6.07 Å². The van der Waals surface area contributed by atoms with Crippen LogP contribution in [-0.4, -0.2) is 26.4 Å². The summed E-state index contributed by atoms with van der Waals surface area (Å²) in [6.07, 6.45) is -1.17. The predicted molar refractivity (Wildman–Crippen MR) is 123 cm³/mol. The summed E-state index contributed by atoms with van der Waals surface area (Å²) in [4.78, 5) is 24.6. The number of rotatable bonds is 7. The van der Waals surface area contributed by atoms with Crippen LogP contribution in [0, 0.1) is 24.1 Å². The number of halogens is 1. The van der Waals surface area contributed by atoms with Crippen molar-refractivity contribution < 1.29 is 27.1 Å². The number of carbonyl (C=O) groups excluding carboxylic acids is 2. The predicted octanol–water partition coefficient (Wildman–Crippen LogP) is 3.99. The number of sulfonamides is 1. The molecule has 1 unspecified atom stereocenters. The first-order valence-electron chi connectivity index (χ1n) is 10.00. The van der Waals surface area contributed by atoms with Crippen LogP contribution in [0.5, 0.6) is 0 Å². The molecule has 8 nitrogen and oxygen atoms in total. The molecule has 1 amide bonds. The first kappa shape index (κ1) is 24.4. The highest BCUT2D eigenvalue weighted by atomic mass is 32.2. The van der Waals surface area contributed by atoms with Gasteiger partial charge in [-0.2, -0.15) is 5.26 Å². The summed E-state index contributed by atoms with van der Waals surface area (Å²) >= 11 is 0. The van der Waals surface area contributed by atoms with E-state index < -0.39 is 33.8 Å². The van der Waals surface area contributed by atoms with E-state index in [4.69, 9.17) is 10.00 Å². The quantitative estimate of drug-likeness (QED) is 0.492. The van der Waals surface area contributed by atoms with Crippen molar-refractivity contribution in [1.82, 2.24) is 0 Å². The fourth-order valence-corrected chi connectivity index (χ4v) is 3.92. The van der Waals surface area contributed by atoms with Crippen LogP contribution >= 0.6 is 0 Å². The fourth-order valence-electron chi connectivity index (χ4n) is 2.86. The minimum atomic E-state index is -4.10. The molecule has 2 N–H and O–H groups in total. The van der Waals surface area contributed by atoms with Crippen molar-refractivity contribution in [2.24, 2.45) is 0 Å². The van der Waals surface area contributed by atoms with E-state index in [1.54, 1.807) is 18.2 Å². The van der Waals surface area contributed by atoms with Crippen LogP contribution in [0.4, 0.5) is 15.8 Å². The number of aryl methyl sites for hydroxylation is 1. The van der Waals surface area contributed by atoms with Crippen molar-refractivity contribution in [1.29, 1.82) is 5.26 Å². The van der Waals surface area contributed by atoms with Crippen LogP contribution < -0.4 is 10.0 Å². The smallest absolute Gasteiger partial charge is 0.338 e. The molecule has 0 radical (unpaired) electrons. The molecule has 0 aliphatic heterocycles. The van der Waals surface area contributed by atoms with Gasteiger partial charge in [-0.3, -0.25) is 9.52 Å². The summed E-state index contributed by atoms with van der Waals surface area (Å²) in [6.45, 7) is 2.89. The summed E-state index contributed by atoms with van der Waals surface area (Å²) in [7, 11) is -4.10. The lowest BCUT2D eigenvalue weighted by Gasteiger charge is -2.14. The molecule has 34 heavy (non-hydrogen) atoms. The molecule has 3 aromatic carbocycles. The Morgan fingerprint density at radius 2 is 1.74 bits per heavy atom. The van der Waals surface area contributed by atoms with Crippen molar-refractivity contribution >= 4 is 33.3 Å². The van der Waals surface area contributed by atoms with Crippen molar-refractivity contribution in [2.75, 3.05) is 10.0 Å². The summed E-state index contributed by atoms with van der Waals surface area (Å²) < 4.78 is 46.4. The number of benzene rings is 3. The molecule has 3 aromatic rings. The maximum absolute atomic E-state index is 13.8. The number of nitriles is 1. The molecule has 174 valence electrons. The molecule has 0 spiro atoms. The molecule has 0 saturated heterocycles. The van der Waals surface area contributed by atoms with Crippen LogP contribution in [-0.2, 0) is 19.6 Å². The summed E-state index contributed by atoms with van der Waals surface area (Å²) in [5.74, 6) is -2.12. The molecule has 0 heterocycles. The fraction of sp³-hybridized carbons (Fsp3) is 0.125. The minimum absolute atomic E-state index is 0.00131. The van der Waals surface area contributed by atoms with Gasteiger partial charge in [0.25, 0.3) is 15.9 Å². The topological polar surface area (TPSA) is 125 Å². The second kappa shape index (κ2) is 10.1. The van der Waals surface area contributed by atoms with Crippen molar-refractivity contribution in [2.45, 2.75) is 24.8 Å². The van der Waals surface area contributed by atoms with Gasteiger partial charge in [0.15, 0.2) is 6.10 Å². The van der Waals surface area contributed by atoms with Crippen LogP contribution in [0.25, 0.3) is 0 Å². The van der Waals surface area contributed by atoms with Gasteiger partial charge in [0.1, 0.15) is 5.82 Å². The molecule has 0 aromatic heterocycles. The lowest BCUT2D eigenvalue weighted by Crippen LogP contribution is -2.30. The van der Waals surface area contributed by atoms with Gasteiger partial charge in [0.2, 0.25) is 0 Å². The highest BCUT2D eigenvalue weighted by Gasteiger charge is 2.21. The zero-order valence-corrected chi connectivity index (χ0v) is 19.0. The Bertz CT molecular complexity index is 1400. The Morgan fingerprint density at radius 3 is 2.44 bits per heavy atom. The van der Waals surface area contributed by atoms with Gasteiger partial charge in [-0.1, -0.05) is 18.2 Å². The number of nitrogens with zero attached hydrogens (tertiary/aromatic N) is 1. The number of carbonyl (C=O) groups is 2. The van der Waals surface area contributed by atoms with Crippen LogP contribution in [0.15, 0.2) is 71.6 Å². The van der Waals surface area contributed by atoms with Gasteiger partial charge in [0, 0.05) is 11.4 Å². The minimum Gasteiger partial charge on any atom is -0.449 e. The molecule has 0 saturated carbocycles. The molecule has 0 aliphatic rings. The summed E-state index contributed by atoms with van der Waals surface area (Å²) in [6, 6.07) is 17.2. The lowest BCUT2D eigenvalue weighted by atomic mass is 10.2. The number of anilines is 2. The highest BCUT2D eigenvalue weighted by Crippen LogP contribution is 2.20. The number of hydrogen-bond acceptors (Lipinski definition) is 6. The molecule has 10 heteroatoms. The third kappa shape index (κ3) is 5.96. The van der Waals surface area contributed by atoms with E-state index in [2.05, 4.69) is 10.0 Å². The van der Waals surface area contributed by atoms with Gasteiger partial charge in [0.05, 0.1) is 22.1 Å². The first-order chi connectivity index (χ1) is 16.1. The van der Waals surface area contributed by atoms with Gasteiger partial charge in [-0.15, -0.1) is 0 Å². The van der Waals surface area contributed by atoms with Gasteiger partial charge < -0.3 is 10.1 Å². The largest absolute Gasteiger partial charge is 0.449 e. The van der Waals surface area contributed by atoms with E-state index in [9.17, 15) is 22.4 Å². The van der Waals surface area contributed by atoms with E-state index in [0.29, 0.717) is 16.8 Å². The van der Waals surface area contributed by atoms with E-state index >= 15 is 0 Å². The highest BCUT2D eigenvalue weighted by molar-refractivity contribution is 7.92. The maximum Gasteiger partial charge on any atom is 0.338 e. The Hall–Kier alpha value is -4.23. The van der Waals surface area contributed by atoms with E-state index in [1.165, 1.54) is 56.3 Å². The third-order valence-electron chi connectivity index (χ3n) is 4.72. The molecule has 0 fully saturated rings. The van der Waals surface area contributed by atoms with Crippen molar-refractivity contribution in [3.05, 3.63) is 89.2 Å². The first-order valence-corrected chi connectivity index (χ1v) is 11.5. The lowest BCUT2D eigenvalue weighted by molar-refractivity contribution is -0.123. The number of hydrogen-bond donors (Lipinski definition) is 2. The molecule has 0 bridgehead atoms. The average molecular weight is 482 g/mol. The van der Waals surface area contributed by atoms with Crippen LogP contribution in [0.2, 0.25) is 0 Å². The van der Waals surface area contributed by atoms with Gasteiger partial charge in [-0.25, -0.2) is 17.6 Å². The number of amides is 1. The second-order valence-electron chi connectivity index (χ2n) is 7.33. The van der Waals surface area contributed by atoms with Crippen molar-refractivity contribution in [3.8, 4) is 6.07 Å². The standard InChI is InChI=1S/C24H20FN3O5S/c1-15-9-10-21(13-22(15)25)34(31,32)28-20-8-4-6-18(12-20)24(30)33-16(2)23(29)27-19-7-3-5-17(11-19)14-26/h3-13,16,28H,1-2H3,(H,27,29). The second-order valence-corrected chi connectivity index (χ2v) is 9.01. The zero-order chi connectivity index (χ0) is 24.9. The van der Waals surface area contributed by atoms with E-state index in [0.717, 1.165) is 6.07 Å². The maximum atomic E-state index is 13.8. The Balaban J connectivity index is 1.68. The van der Waals surface area contributed by atoms with Gasteiger partial charge >= 0.3 is 5.97 Å². The van der Waals surface area contributed by atoms with Gasteiger partial charge in [-0.05, 0) is 67.9 Å². The summed E-state index contributed by atoms with van der Waals surface area (Å²) in [5, 5.41) is 11.5. The molecule has 3 rings (SSSR count). The zero-order valence-electron chi connectivity index (χ0n) is 18.2. The normalized spacial score (nSPS) is 11.7. The molecular weight excluding hydrogens is 461 g/mol. The Morgan fingerprint density at radius 1 is 1.03 bits per heavy atom. The van der Waals surface area contributed by atoms with Crippen LogP contribution in [0.1, 0.15) is 28.4 Å². The SMILES string of the molecule is Cc1ccc(S(=O)(=O)Nc2cccc(C(=O)OC(C)C(=O)Nc3cccc(C#N)c3)c2)cc1F. The Kier molecular flexibility index (Phi) is 7.28. The monoisotopic (exact) mass is 481 g/mol. The number of nitrogens with one attached hydrogen (secondary N) is 2. The molecule has 0 aliphatic carbocycles. The molecule has 1 atom stereocenters. The Labute approximate surface area is 196 Å². The van der Waals surface area contributed by atoms with Crippen molar-refractivity contribution in [3.63, 3.8) is 0 Å². The number of ether oxygens (including phenoxy) is 1. The van der Waals surface area contributed by atoms with E-state index in [-0.39, 0.29) is 16.1 Å². The number of esters is 1.